The van der Waals surface area contributed by atoms with Gasteiger partial charge in [-0.15, -0.1) is 0 Å². The monoisotopic (exact) mass is 284 g/mol. The fourth-order valence-corrected chi connectivity index (χ4v) is 1.89. The molecule has 0 fully saturated rings. The lowest BCUT2D eigenvalue weighted by atomic mass is 10.1. The van der Waals surface area contributed by atoms with Crippen LogP contribution in [0, 0.1) is 0 Å². The topological polar surface area (TPSA) is 52.6 Å². The first kappa shape index (κ1) is 14.9. The van der Waals surface area contributed by atoms with E-state index in [0.717, 1.165) is 16.8 Å². The van der Waals surface area contributed by atoms with Gasteiger partial charge in [0, 0.05) is 26.3 Å². The van der Waals surface area contributed by atoms with Crippen LogP contribution < -0.4 is 5.32 Å². The van der Waals surface area contributed by atoms with Gasteiger partial charge in [0.1, 0.15) is 5.75 Å². The van der Waals surface area contributed by atoms with Gasteiger partial charge < -0.3 is 15.3 Å². The Morgan fingerprint density at radius 2 is 1.57 bits per heavy atom. The molecule has 4 heteroatoms. The van der Waals surface area contributed by atoms with Gasteiger partial charge in [0.2, 0.25) is 5.91 Å². The van der Waals surface area contributed by atoms with Crippen molar-refractivity contribution in [3.8, 4) is 5.75 Å². The van der Waals surface area contributed by atoms with Crippen molar-refractivity contribution in [1.82, 2.24) is 4.90 Å². The van der Waals surface area contributed by atoms with Crippen LogP contribution in [0.5, 0.6) is 5.75 Å². The fourth-order valence-electron chi connectivity index (χ4n) is 1.89. The van der Waals surface area contributed by atoms with Crippen molar-refractivity contribution in [1.29, 1.82) is 0 Å². The number of nitrogens with one attached hydrogen (secondary N) is 1. The van der Waals surface area contributed by atoms with Crippen LogP contribution in [0.15, 0.2) is 48.5 Å². The van der Waals surface area contributed by atoms with E-state index in [1.54, 1.807) is 31.1 Å². The summed E-state index contributed by atoms with van der Waals surface area (Å²) in [7, 11) is 3.52. The van der Waals surface area contributed by atoms with Crippen molar-refractivity contribution in [3.63, 3.8) is 0 Å². The molecular weight excluding hydrogens is 264 g/mol. The molecular formula is C17H20N2O2. The van der Waals surface area contributed by atoms with Crippen molar-refractivity contribution in [2.24, 2.45) is 0 Å². The number of rotatable bonds is 5. The number of phenols is 1. The van der Waals surface area contributed by atoms with Crippen LogP contribution >= 0.6 is 0 Å². The molecule has 4 nitrogen and oxygen atoms in total. The summed E-state index contributed by atoms with van der Waals surface area (Å²) in [5.74, 6) is 0.369. The summed E-state index contributed by atoms with van der Waals surface area (Å²) in [5, 5.41) is 12.5. The number of aromatic hydroxyl groups is 1. The Hall–Kier alpha value is -2.49. The minimum atomic E-state index is 0.0970. The van der Waals surface area contributed by atoms with E-state index in [2.05, 4.69) is 5.32 Å². The fraction of sp³-hybridized carbons (Fsp3) is 0.235. The van der Waals surface area contributed by atoms with Crippen LogP contribution in [0.1, 0.15) is 11.1 Å². The Morgan fingerprint density at radius 3 is 2.14 bits per heavy atom. The highest BCUT2D eigenvalue weighted by Gasteiger charge is 2.05. The third-order valence-corrected chi connectivity index (χ3v) is 3.24. The van der Waals surface area contributed by atoms with E-state index in [9.17, 15) is 9.90 Å². The molecule has 0 unspecified atom stereocenters. The second-order valence-corrected chi connectivity index (χ2v) is 5.18. The molecule has 0 aliphatic carbocycles. The average Bonchev–Trinajstić information content (AvgIpc) is 2.48. The minimum absolute atomic E-state index is 0.0970. The van der Waals surface area contributed by atoms with Crippen molar-refractivity contribution < 1.29 is 9.90 Å². The van der Waals surface area contributed by atoms with Crippen LogP contribution in [0.4, 0.5) is 5.69 Å². The number of hydrogen-bond donors (Lipinski definition) is 2. The number of likely N-dealkylation sites (N-methyl/N-ethyl adjacent to an activating group) is 1. The van der Waals surface area contributed by atoms with Gasteiger partial charge in [0.25, 0.3) is 0 Å². The molecule has 21 heavy (non-hydrogen) atoms. The standard InChI is InChI=1S/C17H20N2O2/c1-19(2)17(21)11-13-3-7-15(8-4-13)18-12-14-5-9-16(20)10-6-14/h3-10,18,20H,11-12H2,1-2H3. The first-order valence-corrected chi connectivity index (χ1v) is 6.85. The maximum Gasteiger partial charge on any atom is 0.226 e. The van der Waals surface area contributed by atoms with E-state index in [0.29, 0.717) is 13.0 Å². The zero-order valence-corrected chi connectivity index (χ0v) is 12.3. The van der Waals surface area contributed by atoms with Crippen LogP contribution in [-0.4, -0.2) is 30.0 Å². The number of nitrogens with zero attached hydrogens (tertiary/aromatic N) is 1. The van der Waals surface area contributed by atoms with Crippen LogP contribution in [-0.2, 0) is 17.8 Å². The zero-order chi connectivity index (χ0) is 15.2. The molecule has 2 rings (SSSR count). The molecule has 0 heterocycles. The second kappa shape index (κ2) is 6.79. The van der Waals surface area contributed by atoms with E-state index >= 15 is 0 Å². The lowest BCUT2D eigenvalue weighted by Crippen LogP contribution is -2.23. The maximum atomic E-state index is 11.6. The number of carbonyl (C=O) groups is 1. The highest BCUT2D eigenvalue weighted by Crippen LogP contribution is 2.14. The molecule has 0 aliphatic rings. The largest absolute Gasteiger partial charge is 0.508 e. The quantitative estimate of drug-likeness (QED) is 0.887. The Balaban J connectivity index is 1.90. The molecule has 0 bridgehead atoms. The second-order valence-electron chi connectivity index (χ2n) is 5.18. The van der Waals surface area contributed by atoms with Crippen molar-refractivity contribution in [2.75, 3.05) is 19.4 Å². The molecule has 2 aromatic carbocycles. The van der Waals surface area contributed by atoms with Crippen molar-refractivity contribution >= 4 is 11.6 Å². The number of phenolic OH excluding ortho intramolecular Hbond substituents is 1. The number of anilines is 1. The summed E-state index contributed by atoms with van der Waals surface area (Å²) in [6.45, 7) is 0.691. The molecule has 0 atom stereocenters. The number of benzene rings is 2. The van der Waals surface area contributed by atoms with Gasteiger partial charge >= 0.3 is 0 Å². The van der Waals surface area contributed by atoms with Crippen molar-refractivity contribution in [3.05, 3.63) is 59.7 Å². The third kappa shape index (κ3) is 4.53. The molecule has 1 amide bonds. The van der Waals surface area contributed by atoms with Gasteiger partial charge in [0.15, 0.2) is 0 Å². The molecule has 0 saturated heterocycles. The first-order chi connectivity index (χ1) is 10.0. The molecule has 0 aliphatic heterocycles. The molecule has 2 N–H and O–H groups in total. The van der Waals surface area contributed by atoms with E-state index in [1.807, 2.05) is 36.4 Å². The Morgan fingerprint density at radius 1 is 1.00 bits per heavy atom. The summed E-state index contributed by atoms with van der Waals surface area (Å²) in [4.78, 5) is 13.2. The normalized spacial score (nSPS) is 10.2. The molecule has 110 valence electrons. The molecule has 2 aromatic rings. The summed E-state index contributed by atoms with van der Waals surface area (Å²) in [6.07, 6.45) is 0.422. The summed E-state index contributed by atoms with van der Waals surface area (Å²) in [5.41, 5.74) is 3.10. The predicted molar refractivity (Wildman–Crippen MR) is 84.3 cm³/mol. The van der Waals surface area contributed by atoms with E-state index < -0.39 is 0 Å². The highest BCUT2D eigenvalue weighted by molar-refractivity contribution is 5.78. The van der Waals surface area contributed by atoms with E-state index in [-0.39, 0.29) is 11.7 Å². The number of amides is 1. The minimum Gasteiger partial charge on any atom is -0.508 e. The SMILES string of the molecule is CN(C)C(=O)Cc1ccc(NCc2ccc(O)cc2)cc1. The van der Waals surface area contributed by atoms with Gasteiger partial charge in [-0.1, -0.05) is 24.3 Å². The summed E-state index contributed by atoms with van der Waals surface area (Å²) in [6, 6.07) is 15.0. The lowest BCUT2D eigenvalue weighted by molar-refractivity contribution is -0.127. The van der Waals surface area contributed by atoms with Crippen molar-refractivity contribution in [2.45, 2.75) is 13.0 Å². The van der Waals surface area contributed by atoms with Crippen LogP contribution in [0.25, 0.3) is 0 Å². The van der Waals surface area contributed by atoms with Gasteiger partial charge in [0.05, 0.1) is 6.42 Å². The van der Waals surface area contributed by atoms with Crippen LogP contribution in [0.2, 0.25) is 0 Å². The molecule has 0 aromatic heterocycles. The van der Waals surface area contributed by atoms with Gasteiger partial charge in [-0.3, -0.25) is 4.79 Å². The summed E-state index contributed by atoms with van der Waals surface area (Å²) < 4.78 is 0. The average molecular weight is 284 g/mol. The molecule has 0 radical (unpaired) electrons. The van der Waals surface area contributed by atoms with E-state index in [1.165, 1.54) is 0 Å². The Kier molecular flexibility index (Phi) is 4.82. The smallest absolute Gasteiger partial charge is 0.226 e. The Labute approximate surface area is 125 Å². The lowest BCUT2D eigenvalue weighted by Gasteiger charge is -2.11. The predicted octanol–water partition coefficient (Wildman–Crippen LogP) is 2.64. The number of hydrogen-bond acceptors (Lipinski definition) is 3. The van der Waals surface area contributed by atoms with Gasteiger partial charge in [-0.2, -0.15) is 0 Å². The molecule has 0 spiro atoms. The molecule has 0 saturated carbocycles. The van der Waals surface area contributed by atoms with E-state index in [4.69, 9.17) is 0 Å². The maximum absolute atomic E-state index is 11.6. The highest BCUT2D eigenvalue weighted by atomic mass is 16.3. The van der Waals surface area contributed by atoms with Crippen LogP contribution in [0.3, 0.4) is 0 Å². The van der Waals surface area contributed by atoms with Gasteiger partial charge in [-0.05, 0) is 35.4 Å². The summed E-state index contributed by atoms with van der Waals surface area (Å²) >= 11 is 0. The third-order valence-electron chi connectivity index (χ3n) is 3.24. The first-order valence-electron chi connectivity index (χ1n) is 6.85. The van der Waals surface area contributed by atoms with Gasteiger partial charge in [-0.25, -0.2) is 0 Å². The zero-order valence-electron chi connectivity index (χ0n) is 12.3. The number of carbonyl (C=O) groups excluding carboxylic acids is 1. The Bertz CT molecular complexity index is 589.